The van der Waals surface area contributed by atoms with Crippen LogP contribution in [0.15, 0.2) is 48.5 Å². The van der Waals surface area contributed by atoms with Gasteiger partial charge in [-0.2, -0.15) is 0 Å². The van der Waals surface area contributed by atoms with Crippen molar-refractivity contribution in [3.8, 4) is 5.75 Å². The Kier molecular flexibility index (Phi) is 5.13. The number of benzene rings is 2. The summed E-state index contributed by atoms with van der Waals surface area (Å²) < 4.78 is 5.31. The number of nitrogens with zero attached hydrogens (tertiary/aromatic N) is 2. The number of nitro groups is 1. The quantitative estimate of drug-likeness (QED) is 0.644. The van der Waals surface area contributed by atoms with E-state index >= 15 is 0 Å². The van der Waals surface area contributed by atoms with E-state index in [1.54, 1.807) is 6.07 Å². The zero-order chi connectivity index (χ0) is 17.6. The number of rotatable bonds is 6. The molecular formula is C18H19N3O4. The Labute approximate surface area is 145 Å². The lowest BCUT2D eigenvalue weighted by molar-refractivity contribution is -0.384. The minimum Gasteiger partial charge on any atom is -0.484 e. The number of amides is 1. The van der Waals surface area contributed by atoms with E-state index in [0.29, 0.717) is 5.69 Å². The Morgan fingerprint density at radius 2 is 1.88 bits per heavy atom. The number of nitrogens with one attached hydrogen (secondary N) is 1. The molecule has 2 aromatic rings. The lowest BCUT2D eigenvalue weighted by Crippen LogP contribution is -2.20. The van der Waals surface area contributed by atoms with E-state index < -0.39 is 4.92 Å². The average molecular weight is 341 g/mol. The zero-order valence-electron chi connectivity index (χ0n) is 13.7. The summed E-state index contributed by atoms with van der Waals surface area (Å²) in [6.07, 6.45) is 2.43. The number of hydrogen-bond donors (Lipinski definition) is 1. The first-order chi connectivity index (χ1) is 12.1. The highest BCUT2D eigenvalue weighted by atomic mass is 16.6. The fourth-order valence-electron chi connectivity index (χ4n) is 2.76. The van der Waals surface area contributed by atoms with E-state index in [1.165, 1.54) is 31.0 Å². The van der Waals surface area contributed by atoms with Crippen LogP contribution in [-0.4, -0.2) is 30.5 Å². The molecule has 0 saturated carbocycles. The van der Waals surface area contributed by atoms with Gasteiger partial charge in [0.2, 0.25) is 0 Å². The molecule has 1 N–H and O–H groups in total. The molecule has 7 nitrogen and oxygen atoms in total. The summed E-state index contributed by atoms with van der Waals surface area (Å²) >= 11 is 0. The van der Waals surface area contributed by atoms with Crippen molar-refractivity contribution in [1.82, 2.24) is 0 Å². The molecular weight excluding hydrogens is 322 g/mol. The van der Waals surface area contributed by atoms with E-state index in [0.717, 1.165) is 18.8 Å². The van der Waals surface area contributed by atoms with Crippen LogP contribution in [0.5, 0.6) is 5.75 Å². The molecule has 0 spiro atoms. The molecule has 1 aliphatic rings. The van der Waals surface area contributed by atoms with Crippen molar-refractivity contribution in [1.29, 1.82) is 0 Å². The summed E-state index contributed by atoms with van der Waals surface area (Å²) in [4.78, 5) is 24.5. The van der Waals surface area contributed by atoms with Gasteiger partial charge in [-0.15, -0.1) is 0 Å². The minimum absolute atomic E-state index is 0.0737. The SMILES string of the molecule is O=C(COc1cccc([N+](=O)[O-])c1)Nc1ccc(N2CCCC2)cc1. The Morgan fingerprint density at radius 3 is 2.56 bits per heavy atom. The highest BCUT2D eigenvalue weighted by molar-refractivity contribution is 5.92. The number of anilines is 2. The first-order valence-corrected chi connectivity index (χ1v) is 8.14. The van der Waals surface area contributed by atoms with Crippen molar-refractivity contribution < 1.29 is 14.5 Å². The Bertz CT molecular complexity index is 755. The number of non-ortho nitro benzene ring substituents is 1. The first-order valence-electron chi connectivity index (χ1n) is 8.14. The predicted molar refractivity (Wildman–Crippen MR) is 95.1 cm³/mol. The molecule has 3 rings (SSSR count). The lowest BCUT2D eigenvalue weighted by atomic mass is 10.2. The zero-order valence-corrected chi connectivity index (χ0v) is 13.7. The number of ether oxygens (including phenoxy) is 1. The van der Waals surface area contributed by atoms with Crippen molar-refractivity contribution in [3.63, 3.8) is 0 Å². The van der Waals surface area contributed by atoms with E-state index in [-0.39, 0.29) is 24.0 Å². The number of nitro benzene ring substituents is 1. The van der Waals surface area contributed by atoms with Crippen LogP contribution in [0.2, 0.25) is 0 Å². The smallest absolute Gasteiger partial charge is 0.273 e. The maximum Gasteiger partial charge on any atom is 0.273 e. The van der Waals surface area contributed by atoms with E-state index in [1.807, 2.05) is 24.3 Å². The molecule has 25 heavy (non-hydrogen) atoms. The van der Waals surface area contributed by atoms with Gasteiger partial charge in [0.05, 0.1) is 11.0 Å². The topological polar surface area (TPSA) is 84.7 Å². The van der Waals surface area contributed by atoms with Gasteiger partial charge in [0.1, 0.15) is 5.75 Å². The van der Waals surface area contributed by atoms with Gasteiger partial charge in [0.15, 0.2) is 6.61 Å². The number of carbonyl (C=O) groups excluding carboxylic acids is 1. The van der Waals surface area contributed by atoms with Crippen LogP contribution in [0.3, 0.4) is 0 Å². The summed E-state index contributed by atoms with van der Waals surface area (Å²) in [7, 11) is 0. The van der Waals surface area contributed by atoms with E-state index in [2.05, 4.69) is 10.2 Å². The van der Waals surface area contributed by atoms with Crippen LogP contribution in [0.25, 0.3) is 0 Å². The van der Waals surface area contributed by atoms with Gasteiger partial charge in [-0.3, -0.25) is 14.9 Å². The molecule has 2 aromatic carbocycles. The predicted octanol–water partition coefficient (Wildman–Crippen LogP) is 3.21. The normalized spacial score (nSPS) is 13.5. The molecule has 1 saturated heterocycles. The molecule has 0 aromatic heterocycles. The highest BCUT2D eigenvalue weighted by Gasteiger charge is 2.12. The van der Waals surface area contributed by atoms with Crippen LogP contribution in [0, 0.1) is 10.1 Å². The third kappa shape index (κ3) is 4.47. The molecule has 0 bridgehead atoms. The summed E-state index contributed by atoms with van der Waals surface area (Å²) in [5.74, 6) is -0.0332. The second kappa shape index (κ2) is 7.65. The monoisotopic (exact) mass is 341 g/mol. The molecule has 7 heteroatoms. The standard InChI is InChI=1S/C18H19N3O4/c22-18(13-25-17-5-3-4-16(12-17)21(23)24)19-14-6-8-15(9-7-14)20-10-1-2-11-20/h3-9,12H,1-2,10-11,13H2,(H,19,22). The van der Waals surface area contributed by atoms with Gasteiger partial charge in [0.25, 0.3) is 11.6 Å². The Hall–Kier alpha value is -3.09. The molecule has 1 aliphatic heterocycles. The van der Waals surface area contributed by atoms with Crippen LogP contribution in [-0.2, 0) is 4.79 Å². The number of carbonyl (C=O) groups is 1. The van der Waals surface area contributed by atoms with Crippen LogP contribution < -0.4 is 15.0 Å². The average Bonchev–Trinajstić information content (AvgIpc) is 3.15. The van der Waals surface area contributed by atoms with Crippen LogP contribution in [0.4, 0.5) is 17.1 Å². The van der Waals surface area contributed by atoms with Gasteiger partial charge < -0.3 is 15.0 Å². The van der Waals surface area contributed by atoms with Gasteiger partial charge in [-0.05, 0) is 43.2 Å². The molecule has 130 valence electrons. The summed E-state index contributed by atoms with van der Waals surface area (Å²) in [6, 6.07) is 13.4. The summed E-state index contributed by atoms with van der Waals surface area (Å²) in [5.41, 5.74) is 1.77. The Balaban J connectivity index is 1.52. The number of hydrogen-bond acceptors (Lipinski definition) is 5. The highest BCUT2D eigenvalue weighted by Crippen LogP contribution is 2.22. The largest absolute Gasteiger partial charge is 0.484 e. The molecule has 0 unspecified atom stereocenters. The Morgan fingerprint density at radius 1 is 1.16 bits per heavy atom. The van der Waals surface area contributed by atoms with Crippen LogP contribution in [0.1, 0.15) is 12.8 Å². The summed E-state index contributed by atoms with van der Waals surface area (Å²) in [6.45, 7) is 1.93. The van der Waals surface area contributed by atoms with Gasteiger partial charge in [0, 0.05) is 30.5 Å². The van der Waals surface area contributed by atoms with Crippen molar-refractivity contribution in [2.24, 2.45) is 0 Å². The fourth-order valence-corrected chi connectivity index (χ4v) is 2.76. The van der Waals surface area contributed by atoms with Crippen molar-refractivity contribution in [2.45, 2.75) is 12.8 Å². The second-order valence-corrected chi connectivity index (χ2v) is 5.83. The second-order valence-electron chi connectivity index (χ2n) is 5.83. The fraction of sp³-hybridized carbons (Fsp3) is 0.278. The maximum atomic E-state index is 12.0. The minimum atomic E-state index is -0.505. The molecule has 1 fully saturated rings. The van der Waals surface area contributed by atoms with E-state index in [4.69, 9.17) is 4.74 Å². The van der Waals surface area contributed by atoms with Crippen LogP contribution >= 0.6 is 0 Å². The molecule has 1 amide bonds. The first kappa shape index (κ1) is 16.8. The third-order valence-corrected chi connectivity index (χ3v) is 4.02. The van der Waals surface area contributed by atoms with Crippen molar-refractivity contribution in [2.75, 3.05) is 29.9 Å². The third-order valence-electron chi connectivity index (χ3n) is 4.02. The van der Waals surface area contributed by atoms with Crippen molar-refractivity contribution in [3.05, 3.63) is 58.6 Å². The van der Waals surface area contributed by atoms with Gasteiger partial charge >= 0.3 is 0 Å². The molecule has 0 atom stereocenters. The lowest BCUT2D eigenvalue weighted by Gasteiger charge is -2.17. The van der Waals surface area contributed by atoms with E-state index in [9.17, 15) is 14.9 Å². The van der Waals surface area contributed by atoms with Gasteiger partial charge in [-0.1, -0.05) is 6.07 Å². The molecule has 0 aliphatic carbocycles. The molecule has 0 radical (unpaired) electrons. The summed E-state index contributed by atoms with van der Waals surface area (Å²) in [5, 5.41) is 13.5. The maximum absolute atomic E-state index is 12.0. The van der Waals surface area contributed by atoms with Crippen molar-refractivity contribution >= 4 is 23.0 Å². The van der Waals surface area contributed by atoms with Gasteiger partial charge in [-0.25, -0.2) is 0 Å². The molecule has 1 heterocycles.